The van der Waals surface area contributed by atoms with E-state index in [4.69, 9.17) is 16.2 Å². The third-order valence-electron chi connectivity index (χ3n) is 3.17. The SMILES string of the molecule is CCOC(=O)c1cnn(C(=O)c2cnn(C(C)(C)C)c2N)c1N. The second-order valence-corrected chi connectivity index (χ2v) is 5.91. The van der Waals surface area contributed by atoms with Gasteiger partial charge in [0.25, 0.3) is 5.91 Å². The lowest BCUT2D eigenvalue weighted by Crippen LogP contribution is -2.25. The Bertz CT molecular complexity index is 753. The minimum absolute atomic E-state index is 0.0296. The number of esters is 1. The lowest BCUT2D eigenvalue weighted by Gasteiger charge is -2.20. The molecule has 0 saturated carbocycles. The van der Waals surface area contributed by atoms with Gasteiger partial charge < -0.3 is 16.2 Å². The maximum Gasteiger partial charge on any atom is 0.343 e. The molecule has 0 amide bonds. The van der Waals surface area contributed by atoms with E-state index >= 15 is 0 Å². The molecule has 2 aromatic heterocycles. The number of carbonyl (C=O) groups is 2. The second-order valence-electron chi connectivity index (χ2n) is 5.91. The topological polar surface area (TPSA) is 131 Å². The molecule has 4 N–H and O–H groups in total. The fraction of sp³-hybridized carbons (Fsp3) is 0.429. The van der Waals surface area contributed by atoms with Crippen LogP contribution in [0, 0.1) is 0 Å². The van der Waals surface area contributed by atoms with Crippen LogP contribution in [0.5, 0.6) is 0 Å². The fourth-order valence-corrected chi connectivity index (χ4v) is 2.06. The summed E-state index contributed by atoms with van der Waals surface area (Å²) in [5.41, 5.74) is 11.6. The van der Waals surface area contributed by atoms with Crippen molar-refractivity contribution in [3.05, 3.63) is 23.5 Å². The number of hydrogen-bond donors (Lipinski definition) is 2. The molecule has 0 aromatic carbocycles. The second kappa shape index (κ2) is 5.75. The highest BCUT2D eigenvalue weighted by molar-refractivity contribution is 6.03. The molecule has 2 heterocycles. The summed E-state index contributed by atoms with van der Waals surface area (Å²) in [5, 5.41) is 7.99. The molecule has 0 bridgehead atoms. The molecule has 9 heteroatoms. The molecule has 2 rings (SSSR count). The maximum absolute atomic E-state index is 12.6. The van der Waals surface area contributed by atoms with Gasteiger partial charge in [0.05, 0.1) is 24.5 Å². The van der Waals surface area contributed by atoms with Gasteiger partial charge in [-0.05, 0) is 27.7 Å². The van der Waals surface area contributed by atoms with E-state index in [1.54, 1.807) is 6.92 Å². The zero-order chi connectivity index (χ0) is 17.4. The molecule has 0 fully saturated rings. The van der Waals surface area contributed by atoms with Gasteiger partial charge in [-0.1, -0.05) is 0 Å². The molecule has 0 unspecified atom stereocenters. The molecule has 124 valence electrons. The zero-order valence-electron chi connectivity index (χ0n) is 13.5. The van der Waals surface area contributed by atoms with Crippen molar-refractivity contribution in [1.29, 1.82) is 0 Å². The van der Waals surface area contributed by atoms with Crippen molar-refractivity contribution < 1.29 is 14.3 Å². The third kappa shape index (κ3) is 2.89. The normalized spacial score (nSPS) is 11.5. The van der Waals surface area contributed by atoms with Crippen molar-refractivity contribution >= 4 is 23.5 Å². The molecule has 0 aliphatic carbocycles. The Morgan fingerprint density at radius 1 is 1.13 bits per heavy atom. The number of anilines is 2. The van der Waals surface area contributed by atoms with E-state index < -0.39 is 11.9 Å². The highest BCUT2D eigenvalue weighted by Gasteiger charge is 2.26. The van der Waals surface area contributed by atoms with Gasteiger partial charge in [0.1, 0.15) is 22.8 Å². The van der Waals surface area contributed by atoms with Crippen LogP contribution >= 0.6 is 0 Å². The quantitative estimate of drug-likeness (QED) is 0.802. The Labute approximate surface area is 133 Å². The minimum Gasteiger partial charge on any atom is -0.462 e. The van der Waals surface area contributed by atoms with Crippen LogP contribution in [-0.4, -0.2) is 38.0 Å². The highest BCUT2D eigenvalue weighted by atomic mass is 16.5. The summed E-state index contributed by atoms with van der Waals surface area (Å²) in [4.78, 5) is 24.3. The van der Waals surface area contributed by atoms with Crippen molar-refractivity contribution in [2.75, 3.05) is 18.1 Å². The van der Waals surface area contributed by atoms with Gasteiger partial charge in [0.2, 0.25) is 0 Å². The van der Waals surface area contributed by atoms with E-state index in [0.29, 0.717) is 0 Å². The Hall–Kier alpha value is -2.84. The number of aromatic nitrogens is 4. The summed E-state index contributed by atoms with van der Waals surface area (Å²) in [7, 11) is 0. The molecule has 0 aliphatic heterocycles. The van der Waals surface area contributed by atoms with Crippen molar-refractivity contribution in [2.45, 2.75) is 33.2 Å². The van der Waals surface area contributed by atoms with E-state index in [0.717, 1.165) is 4.68 Å². The van der Waals surface area contributed by atoms with E-state index in [9.17, 15) is 9.59 Å². The summed E-state index contributed by atoms with van der Waals surface area (Å²) in [6.45, 7) is 7.59. The molecular formula is C14H20N6O3. The molecule has 23 heavy (non-hydrogen) atoms. The molecule has 0 atom stereocenters. The Morgan fingerprint density at radius 2 is 1.74 bits per heavy atom. The summed E-state index contributed by atoms with van der Waals surface area (Å²) in [6, 6.07) is 0. The number of nitrogens with two attached hydrogens (primary N) is 2. The number of nitrogen functional groups attached to an aromatic ring is 2. The van der Waals surface area contributed by atoms with Crippen LogP contribution in [-0.2, 0) is 10.3 Å². The van der Waals surface area contributed by atoms with Gasteiger partial charge in [0, 0.05) is 0 Å². The van der Waals surface area contributed by atoms with Crippen LogP contribution in [0.3, 0.4) is 0 Å². The number of ether oxygens (including phenoxy) is 1. The summed E-state index contributed by atoms with van der Waals surface area (Å²) in [5.74, 6) is -1.10. The lowest BCUT2D eigenvalue weighted by atomic mass is 10.1. The average molecular weight is 320 g/mol. The first-order valence-electron chi connectivity index (χ1n) is 7.07. The van der Waals surface area contributed by atoms with Gasteiger partial charge in [0.15, 0.2) is 0 Å². The third-order valence-corrected chi connectivity index (χ3v) is 3.17. The molecule has 0 spiro atoms. The molecule has 0 saturated heterocycles. The van der Waals surface area contributed by atoms with Gasteiger partial charge in [-0.25, -0.2) is 9.48 Å². The van der Waals surface area contributed by atoms with Gasteiger partial charge in [-0.3, -0.25) is 4.79 Å². The fourth-order valence-electron chi connectivity index (χ4n) is 2.06. The van der Waals surface area contributed by atoms with Gasteiger partial charge in [-0.15, -0.1) is 0 Å². The summed E-state index contributed by atoms with van der Waals surface area (Å²) in [6.07, 6.45) is 2.55. The van der Waals surface area contributed by atoms with E-state index in [2.05, 4.69) is 10.2 Å². The monoisotopic (exact) mass is 320 g/mol. The van der Waals surface area contributed by atoms with E-state index in [1.807, 2.05) is 20.8 Å². The highest BCUT2D eigenvalue weighted by Crippen LogP contribution is 2.23. The number of carbonyl (C=O) groups excluding carboxylic acids is 2. The Kier molecular flexibility index (Phi) is 4.13. The molecule has 0 radical (unpaired) electrons. The lowest BCUT2D eigenvalue weighted by molar-refractivity contribution is 0.0527. The molecule has 9 nitrogen and oxygen atoms in total. The smallest absolute Gasteiger partial charge is 0.343 e. The molecular weight excluding hydrogens is 300 g/mol. The number of hydrogen-bond acceptors (Lipinski definition) is 7. The van der Waals surface area contributed by atoms with Crippen LogP contribution in [0.2, 0.25) is 0 Å². The van der Waals surface area contributed by atoms with Crippen molar-refractivity contribution in [2.24, 2.45) is 0 Å². The van der Waals surface area contributed by atoms with E-state index in [-0.39, 0.29) is 34.9 Å². The Morgan fingerprint density at radius 3 is 2.26 bits per heavy atom. The average Bonchev–Trinajstić information content (AvgIpc) is 3.01. The summed E-state index contributed by atoms with van der Waals surface area (Å²) >= 11 is 0. The standard InChI is InChI=1S/C14H20N6O3/c1-5-23-13(22)9-7-17-19(10(9)15)12(21)8-6-18-20(11(8)16)14(2,3)4/h6-7H,5,15-16H2,1-4H3. The van der Waals surface area contributed by atoms with E-state index in [1.165, 1.54) is 17.1 Å². The molecule has 0 aliphatic rings. The Balaban J connectivity index is 2.39. The zero-order valence-corrected chi connectivity index (χ0v) is 13.5. The summed E-state index contributed by atoms with van der Waals surface area (Å²) < 4.78 is 7.30. The van der Waals surface area contributed by atoms with Crippen LogP contribution in [0.15, 0.2) is 12.4 Å². The van der Waals surface area contributed by atoms with Crippen molar-refractivity contribution in [1.82, 2.24) is 19.6 Å². The number of nitrogens with zero attached hydrogens (tertiary/aromatic N) is 4. The largest absolute Gasteiger partial charge is 0.462 e. The first-order chi connectivity index (χ1) is 10.7. The van der Waals surface area contributed by atoms with Crippen LogP contribution in [0.1, 0.15) is 48.4 Å². The minimum atomic E-state index is -0.637. The van der Waals surface area contributed by atoms with Gasteiger partial charge in [-0.2, -0.15) is 14.9 Å². The molecule has 2 aromatic rings. The number of rotatable bonds is 3. The van der Waals surface area contributed by atoms with Crippen LogP contribution < -0.4 is 11.5 Å². The van der Waals surface area contributed by atoms with Crippen LogP contribution in [0.25, 0.3) is 0 Å². The predicted octanol–water partition coefficient (Wildman–Crippen LogP) is 0.864. The van der Waals surface area contributed by atoms with Crippen molar-refractivity contribution in [3.63, 3.8) is 0 Å². The first kappa shape index (κ1) is 16.5. The van der Waals surface area contributed by atoms with Crippen LogP contribution in [0.4, 0.5) is 11.6 Å². The van der Waals surface area contributed by atoms with Crippen molar-refractivity contribution in [3.8, 4) is 0 Å². The predicted molar refractivity (Wildman–Crippen MR) is 84.0 cm³/mol. The van der Waals surface area contributed by atoms with Gasteiger partial charge >= 0.3 is 5.97 Å². The maximum atomic E-state index is 12.6. The first-order valence-corrected chi connectivity index (χ1v) is 7.07.